The van der Waals surface area contributed by atoms with E-state index in [1.807, 2.05) is 0 Å². The van der Waals surface area contributed by atoms with E-state index in [2.05, 4.69) is 10.5 Å². The minimum atomic E-state index is -0.538. The summed E-state index contributed by atoms with van der Waals surface area (Å²) in [4.78, 5) is 11.3. The number of nitrogens with zero attached hydrogens (tertiary/aromatic N) is 1. The Morgan fingerprint density at radius 3 is 2.88 bits per heavy atom. The van der Waals surface area contributed by atoms with Gasteiger partial charge in [0.1, 0.15) is 11.7 Å². The van der Waals surface area contributed by atoms with Crippen LogP contribution in [0.4, 0.5) is 10.1 Å². The second-order valence-corrected chi connectivity index (χ2v) is 3.25. The molecule has 0 atom stereocenters. The summed E-state index contributed by atoms with van der Waals surface area (Å²) in [5.74, 6) is -1.29. The number of amides is 1. The maximum Gasteiger partial charge on any atom is 0.232 e. The van der Waals surface area contributed by atoms with Crippen molar-refractivity contribution in [1.82, 2.24) is 0 Å². The van der Waals surface area contributed by atoms with E-state index in [-0.39, 0.29) is 17.9 Å². The Balaban J connectivity index is 2.77. The summed E-state index contributed by atoms with van der Waals surface area (Å²) in [6, 6.07) is 4.46. The summed E-state index contributed by atoms with van der Waals surface area (Å²) >= 11 is 0. The molecule has 0 aromatic heterocycles. The van der Waals surface area contributed by atoms with E-state index in [4.69, 9.17) is 10.9 Å². The second kappa shape index (κ2) is 5.11. The van der Waals surface area contributed by atoms with E-state index in [1.54, 1.807) is 19.1 Å². The minimum absolute atomic E-state index is 0.109. The molecule has 0 heterocycles. The zero-order chi connectivity index (χ0) is 12.1. The topological polar surface area (TPSA) is 87.7 Å². The lowest BCUT2D eigenvalue weighted by molar-refractivity contribution is -0.115. The molecule has 0 fully saturated rings. The number of hydrogen-bond donors (Lipinski definition) is 3. The number of hydrogen-bond acceptors (Lipinski definition) is 3. The summed E-state index contributed by atoms with van der Waals surface area (Å²) in [7, 11) is 0. The number of carbonyl (C=O) groups is 1. The first-order valence-electron chi connectivity index (χ1n) is 4.56. The molecule has 6 heteroatoms. The number of nitrogens with one attached hydrogen (secondary N) is 1. The Morgan fingerprint density at radius 2 is 2.31 bits per heavy atom. The molecular formula is C10H12FN3O2. The van der Waals surface area contributed by atoms with Crippen LogP contribution in [0.3, 0.4) is 0 Å². The van der Waals surface area contributed by atoms with Crippen LogP contribution in [0, 0.1) is 12.7 Å². The molecule has 86 valence electrons. The van der Waals surface area contributed by atoms with Crippen molar-refractivity contribution >= 4 is 17.4 Å². The number of amidine groups is 1. The lowest BCUT2D eigenvalue weighted by atomic mass is 10.2. The van der Waals surface area contributed by atoms with E-state index in [1.165, 1.54) is 6.07 Å². The van der Waals surface area contributed by atoms with Crippen molar-refractivity contribution < 1.29 is 14.4 Å². The van der Waals surface area contributed by atoms with Gasteiger partial charge < -0.3 is 16.3 Å². The molecule has 0 spiro atoms. The standard InChI is InChI=1S/C10H12FN3O2/c1-6-3-2-4-7(11)10(6)13-9(15)5-8(12)14-16/h2-4,16H,5H2,1H3,(H2,12,14)(H,13,15). The molecule has 0 aliphatic heterocycles. The number of rotatable bonds is 3. The molecule has 0 aliphatic carbocycles. The average Bonchev–Trinajstić information content (AvgIpc) is 2.23. The van der Waals surface area contributed by atoms with Gasteiger partial charge in [0.25, 0.3) is 0 Å². The first-order chi connectivity index (χ1) is 7.54. The predicted molar refractivity (Wildman–Crippen MR) is 57.8 cm³/mol. The molecule has 1 aromatic carbocycles. The van der Waals surface area contributed by atoms with Gasteiger partial charge in [0.2, 0.25) is 5.91 Å². The van der Waals surface area contributed by atoms with Gasteiger partial charge in [0.15, 0.2) is 0 Å². The Labute approximate surface area is 91.8 Å². The van der Waals surface area contributed by atoms with Crippen molar-refractivity contribution in [3.05, 3.63) is 29.6 Å². The van der Waals surface area contributed by atoms with Crippen molar-refractivity contribution in [2.24, 2.45) is 10.9 Å². The number of carbonyl (C=O) groups excluding carboxylic acids is 1. The number of para-hydroxylation sites is 1. The zero-order valence-electron chi connectivity index (χ0n) is 8.70. The van der Waals surface area contributed by atoms with Crippen LogP contribution in [0.25, 0.3) is 0 Å². The maximum atomic E-state index is 13.3. The number of anilines is 1. The van der Waals surface area contributed by atoms with Gasteiger partial charge in [-0.15, -0.1) is 0 Å². The highest BCUT2D eigenvalue weighted by Gasteiger charge is 2.10. The Morgan fingerprint density at radius 1 is 1.62 bits per heavy atom. The molecule has 0 radical (unpaired) electrons. The molecule has 0 bridgehead atoms. The van der Waals surface area contributed by atoms with Gasteiger partial charge in [-0.3, -0.25) is 4.79 Å². The number of nitrogens with two attached hydrogens (primary N) is 1. The monoisotopic (exact) mass is 225 g/mol. The largest absolute Gasteiger partial charge is 0.409 e. The van der Waals surface area contributed by atoms with Gasteiger partial charge in [-0.2, -0.15) is 0 Å². The molecule has 4 N–H and O–H groups in total. The fourth-order valence-electron chi connectivity index (χ4n) is 1.17. The number of halogens is 1. The lowest BCUT2D eigenvalue weighted by Crippen LogP contribution is -2.22. The summed E-state index contributed by atoms with van der Waals surface area (Å²) in [5, 5.41) is 13.3. The average molecular weight is 225 g/mol. The van der Waals surface area contributed by atoms with E-state index in [0.717, 1.165) is 0 Å². The third-order valence-electron chi connectivity index (χ3n) is 1.96. The molecule has 0 saturated heterocycles. The molecule has 5 nitrogen and oxygen atoms in total. The first kappa shape index (κ1) is 12.0. The van der Waals surface area contributed by atoms with Gasteiger partial charge in [0, 0.05) is 0 Å². The minimum Gasteiger partial charge on any atom is -0.409 e. The van der Waals surface area contributed by atoms with Crippen LogP contribution in [-0.4, -0.2) is 17.0 Å². The van der Waals surface area contributed by atoms with Crippen molar-refractivity contribution in [2.45, 2.75) is 13.3 Å². The van der Waals surface area contributed by atoms with Gasteiger partial charge in [-0.1, -0.05) is 17.3 Å². The van der Waals surface area contributed by atoms with Crippen LogP contribution in [0.2, 0.25) is 0 Å². The number of aryl methyl sites for hydroxylation is 1. The van der Waals surface area contributed by atoms with Crippen LogP contribution in [0.15, 0.2) is 23.4 Å². The Kier molecular flexibility index (Phi) is 3.82. The summed E-state index contributed by atoms with van der Waals surface area (Å²) in [5.41, 5.74) is 5.86. The molecule has 0 aliphatic rings. The molecular weight excluding hydrogens is 213 g/mol. The van der Waals surface area contributed by atoms with E-state index < -0.39 is 11.7 Å². The normalized spacial score (nSPS) is 11.2. The molecule has 0 unspecified atom stereocenters. The number of benzene rings is 1. The fraction of sp³-hybridized carbons (Fsp3) is 0.200. The third kappa shape index (κ3) is 2.94. The smallest absolute Gasteiger partial charge is 0.232 e. The van der Waals surface area contributed by atoms with Crippen molar-refractivity contribution in [3.63, 3.8) is 0 Å². The van der Waals surface area contributed by atoms with E-state index in [0.29, 0.717) is 5.56 Å². The highest BCUT2D eigenvalue weighted by atomic mass is 19.1. The highest BCUT2D eigenvalue weighted by molar-refractivity contribution is 6.05. The maximum absolute atomic E-state index is 13.3. The van der Waals surface area contributed by atoms with Crippen LogP contribution >= 0.6 is 0 Å². The van der Waals surface area contributed by atoms with Crippen LogP contribution in [0.1, 0.15) is 12.0 Å². The van der Waals surface area contributed by atoms with Crippen molar-refractivity contribution in [1.29, 1.82) is 0 Å². The van der Waals surface area contributed by atoms with Gasteiger partial charge >= 0.3 is 0 Å². The van der Waals surface area contributed by atoms with Crippen LogP contribution < -0.4 is 11.1 Å². The van der Waals surface area contributed by atoms with Crippen LogP contribution in [0.5, 0.6) is 0 Å². The highest BCUT2D eigenvalue weighted by Crippen LogP contribution is 2.18. The SMILES string of the molecule is Cc1cccc(F)c1NC(=O)C/C(N)=N/O. The predicted octanol–water partition coefficient (Wildman–Crippen LogP) is 1.21. The number of oxime groups is 1. The fourth-order valence-corrected chi connectivity index (χ4v) is 1.17. The Hall–Kier alpha value is -2.11. The van der Waals surface area contributed by atoms with Crippen LogP contribution in [-0.2, 0) is 4.79 Å². The van der Waals surface area contributed by atoms with E-state index in [9.17, 15) is 9.18 Å². The summed E-state index contributed by atoms with van der Waals surface area (Å²) in [6.45, 7) is 1.67. The lowest BCUT2D eigenvalue weighted by Gasteiger charge is -2.08. The van der Waals surface area contributed by atoms with E-state index >= 15 is 0 Å². The zero-order valence-corrected chi connectivity index (χ0v) is 8.70. The molecule has 1 amide bonds. The molecule has 0 saturated carbocycles. The Bertz CT molecular complexity index is 412. The quantitative estimate of drug-likeness (QED) is 0.312. The molecule has 1 aromatic rings. The van der Waals surface area contributed by atoms with Crippen molar-refractivity contribution in [2.75, 3.05) is 5.32 Å². The molecule has 16 heavy (non-hydrogen) atoms. The van der Waals surface area contributed by atoms with Crippen molar-refractivity contribution in [3.8, 4) is 0 Å². The van der Waals surface area contributed by atoms with Gasteiger partial charge in [-0.05, 0) is 18.6 Å². The molecule has 1 rings (SSSR count). The van der Waals surface area contributed by atoms with Gasteiger partial charge in [-0.25, -0.2) is 4.39 Å². The van der Waals surface area contributed by atoms with Gasteiger partial charge in [0.05, 0.1) is 12.1 Å². The summed E-state index contributed by atoms with van der Waals surface area (Å²) in [6.07, 6.45) is -0.287. The first-order valence-corrected chi connectivity index (χ1v) is 4.56. The third-order valence-corrected chi connectivity index (χ3v) is 1.96. The summed E-state index contributed by atoms with van der Waals surface area (Å²) < 4.78 is 13.3. The second-order valence-electron chi connectivity index (χ2n) is 3.25.